The molecule has 0 saturated heterocycles. The first kappa shape index (κ1) is 50.8. The maximum atomic E-state index is 7.13. The van der Waals surface area contributed by atoms with Gasteiger partial charge in [-0.25, -0.2) is 5.26 Å². The molecule has 49 heavy (non-hydrogen) atoms. The molecule has 0 rings (SSSR count). The average molecular weight is 707 g/mol. The Morgan fingerprint density at radius 1 is 0.286 bits per heavy atom. The number of hydrogen-bond acceptors (Lipinski definition) is 2. The summed E-state index contributed by atoms with van der Waals surface area (Å²) in [6.07, 6.45) is 54.2. The molecular formula is C46H94N2S. The third-order valence-corrected chi connectivity index (χ3v) is 11.2. The van der Waals surface area contributed by atoms with Gasteiger partial charge in [0.05, 0.1) is 26.2 Å². The van der Waals surface area contributed by atoms with Crippen molar-refractivity contribution in [3.63, 3.8) is 0 Å². The Hall–Kier alpha value is -0.330. The van der Waals surface area contributed by atoms with Crippen LogP contribution in [0.2, 0.25) is 0 Å². The fraction of sp³-hybridized carbons (Fsp3) is 0.978. The molecule has 0 N–H and O–H groups in total. The van der Waals surface area contributed by atoms with E-state index in [1.54, 1.807) is 0 Å². The van der Waals surface area contributed by atoms with Crippen LogP contribution >= 0.6 is 0 Å². The van der Waals surface area contributed by atoms with Gasteiger partial charge in [0, 0.05) is 0 Å². The number of nitriles is 1. The van der Waals surface area contributed by atoms with Crippen LogP contribution in [0.4, 0.5) is 0 Å². The molecule has 0 aliphatic rings. The Kier molecular flexibility index (Phi) is 47.3. The van der Waals surface area contributed by atoms with E-state index in [1.165, 1.54) is 274 Å². The van der Waals surface area contributed by atoms with Gasteiger partial charge < -0.3 is 17.1 Å². The summed E-state index contributed by atoms with van der Waals surface area (Å²) in [5, 5.41) is 8.47. The van der Waals surface area contributed by atoms with Crippen LogP contribution in [-0.4, -0.2) is 30.7 Å². The minimum absolute atomic E-state index is 1.33. The van der Waals surface area contributed by atoms with Crippen molar-refractivity contribution in [3.8, 4) is 5.40 Å². The molecule has 2 nitrogen and oxygen atoms in total. The van der Waals surface area contributed by atoms with Crippen LogP contribution in [0.5, 0.6) is 0 Å². The van der Waals surface area contributed by atoms with Gasteiger partial charge in [-0.2, -0.15) is 0 Å². The fourth-order valence-electron chi connectivity index (χ4n) is 7.88. The molecule has 0 saturated carbocycles. The number of rotatable bonds is 41. The van der Waals surface area contributed by atoms with Crippen molar-refractivity contribution < 1.29 is 4.48 Å². The van der Waals surface area contributed by atoms with Crippen molar-refractivity contribution in [2.45, 2.75) is 265 Å². The quantitative estimate of drug-likeness (QED) is 0.0273. The number of quaternary nitrogens is 1. The van der Waals surface area contributed by atoms with Crippen LogP contribution in [0.25, 0.3) is 0 Å². The zero-order valence-corrected chi connectivity index (χ0v) is 35.6. The summed E-state index contributed by atoms with van der Waals surface area (Å²) in [5.41, 5.74) is 0. The Balaban J connectivity index is 0. The van der Waals surface area contributed by atoms with Crippen molar-refractivity contribution in [3.05, 3.63) is 0 Å². The second-order valence-corrected chi connectivity index (χ2v) is 16.2. The maximum absolute atomic E-state index is 7.13. The Morgan fingerprint density at radius 2 is 0.408 bits per heavy atom. The monoisotopic (exact) mass is 707 g/mol. The SMILES string of the molecule is CCCCCCCCCCCCCCCCCC[N+](CCCCCCCCC)(CCCCCCCCC)CCCCCCCCC.N#C[S-]. The summed E-state index contributed by atoms with van der Waals surface area (Å²) in [6, 6.07) is 0. The van der Waals surface area contributed by atoms with E-state index in [9.17, 15) is 0 Å². The number of hydrogen-bond donors (Lipinski definition) is 0. The smallest absolute Gasteiger partial charge is 0.0786 e. The van der Waals surface area contributed by atoms with Gasteiger partial charge in [-0.3, -0.25) is 0 Å². The molecule has 0 aromatic carbocycles. The number of thiocyanates is 1. The Morgan fingerprint density at radius 3 is 0.551 bits per heavy atom. The summed E-state index contributed by atoms with van der Waals surface area (Å²) in [6.45, 7) is 15.3. The van der Waals surface area contributed by atoms with E-state index in [1.807, 2.05) is 0 Å². The lowest BCUT2D eigenvalue weighted by Crippen LogP contribution is -2.50. The largest absolute Gasteiger partial charge is 0.696 e. The van der Waals surface area contributed by atoms with Crippen molar-refractivity contribution in [2.24, 2.45) is 0 Å². The van der Waals surface area contributed by atoms with Gasteiger partial charge in [0.25, 0.3) is 0 Å². The minimum Gasteiger partial charge on any atom is -0.696 e. The van der Waals surface area contributed by atoms with Crippen LogP contribution in [0.15, 0.2) is 0 Å². The van der Waals surface area contributed by atoms with E-state index in [4.69, 9.17) is 5.26 Å². The van der Waals surface area contributed by atoms with Crippen LogP contribution in [0, 0.1) is 10.7 Å². The lowest BCUT2D eigenvalue weighted by molar-refractivity contribution is -0.929. The highest BCUT2D eigenvalue weighted by Gasteiger charge is 2.25. The Labute approximate surface area is 318 Å². The summed E-state index contributed by atoms with van der Waals surface area (Å²) in [7, 11) is 0. The number of nitrogens with zero attached hydrogens (tertiary/aromatic N) is 2. The fourth-order valence-corrected chi connectivity index (χ4v) is 7.88. The van der Waals surface area contributed by atoms with E-state index in [0.717, 1.165) is 0 Å². The second kappa shape index (κ2) is 45.7. The number of unbranched alkanes of at least 4 members (excludes halogenated alkanes) is 33. The summed E-state index contributed by atoms with van der Waals surface area (Å²) in [5.74, 6) is 0. The van der Waals surface area contributed by atoms with E-state index in [2.05, 4.69) is 40.3 Å². The molecular weight excluding hydrogens is 613 g/mol. The van der Waals surface area contributed by atoms with Gasteiger partial charge >= 0.3 is 0 Å². The molecule has 0 aromatic rings. The molecule has 0 spiro atoms. The second-order valence-electron chi connectivity index (χ2n) is 16.0. The molecule has 0 aliphatic carbocycles. The van der Waals surface area contributed by atoms with Crippen LogP contribution in [0.3, 0.4) is 0 Å². The van der Waals surface area contributed by atoms with E-state index >= 15 is 0 Å². The molecule has 0 unspecified atom stereocenters. The predicted molar refractivity (Wildman–Crippen MR) is 226 cm³/mol. The van der Waals surface area contributed by atoms with E-state index < -0.39 is 0 Å². The molecule has 0 heterocycles. The van der Waals surface area contributed by atoms with E-state index in [0.29, 0.717) is 0 Å². The van der Waals surface area contributed by atoms with Gasteiger partial charge in [-0.1, -0.05) is 219 Å². The van der Waals surface area contributed by atoms with Crippen molar-refractivity contribution in [1.29, 1.82) is 5.26 Å². The first-order chi connectivity index (χ1) is 24.2. The van der Waals surface area contributed by atoms with Crippen LogP contribution < -0.4 is 0 Å². The van der Waals surface area contributed by atoms with Crippen LogP contribution in [0.1, 0.15) is 265 Å². The van der Waals surface area contributed by atoms with Gasteiger partial charge in [-0.15, -0.1) is 0 Å². The standard InChI is InChI=1S/C45H94N.CHNS/c1-5-9-13-17-21-22-23-24-25-26-27-28-29-33-37-41-45-46(42-38-34-30-18-14-10-6-2,43-39-35-31-19-15-11-7-3)44-40-36-32-20-16-12-8-4;2-1-3/h5-45H2,1-4H3;3H/q+1;/p-1. The lowest BCUT2D eigenvalue weighted by Gasteiger charge is -2.40. The summed E-state index contributed by atoms with van der Waals surface area (Å²) >= 11 is 3.70. The van der Waals surface area contributed by atoms with Gasteiger partial charge in [0.1, 0.15) is 0 Å². The molecule has 3 heteroatoms. The molecule has 0 bridgehead atoms. The Bertz CT molecular complexity index is 569. The zero-order chi connectivity index (χ0) is 36.2. The molecule has 294 valence electrons. The molecule has 0 radical (unpaired) electrons. The summed E-state index contributed by atoms with van der Waals surface area (Å²) < 4.78 is 1.48. The third-order valence-electron chi connectivity index (χ3n) is 11.2. The predicted octanol–water partition coefficient (Wildman–Crippen LogP) is 16.3. The molecule has 0 atom stereocenters. The van der Waals surface area contributed by atoms with Gasteiger partial charge in [0.2, 0.25) is 0 Å². The first-order valence-electron chi connectivity index (χ1n) is 23.0. The lowest BCUT2D eigenvalue weighted by atomic mass is 10.0. The maximum Gasteiger partial charge on any atom is 0.0786 e. The van der Waals surface area contributed by atoms with Crippen LogP contribution in [-0.2, 0) is 12.6 Å². The van der Waals surface area contributed by atoms with Crippen molar-refractivity contribution >= 4 is 12.6 Å². The highest BCUT2D eigenvalue weighted by molar-refractivity contribution is 7.64. The third kappa shape index (κ3) is 42.0. The average Bonchev–Trinajstić information content (AvgIpc) is 3.10. The van der Waals surface area contributed by atoms with Gasteiger partial charge in [0.15, 0.2) is 0 Å². The molecule has 0 aromatic heterocycles. The minimum atomic E-state index is 1.33. The molecule has 0 fully saturated rings. The molecule has 0 amide bonds. The zero-order valence-electron chi connectivity index (χ0n) is 34.8. The normalized spacial score (nSPS) is 11.4. The molecule has 0 aliphatic heterocycles. The highest BCUT2D eigenvalue weighted by Crippen LogP contribution is 2.21. The van der Waals surface area contributed by atoms with Crippen molar-refractivity contribution in [1.82, 2.24) is 0 Å². The van der Waals surface area contributed by atoms with Crippen molar-refractivity contribution in [2.75, 3.05) is 26.2 Å². The van der Waals surface area contributed by atoms with E-state index in [-0.39, 0.29) is 0 Å². The highest BCUT2D eigenvalue weighted by atomic mass is 32.1. The topological polar surface area (TPSA) is 23.8 Å². The van der Waals surface area contributed by atoms with Gasteiger partial charge in [-0.05, 0) is 51.4 Å². The summed E-state index contributed by atoms with van der Waals surface area (Å²) in [4.78, 5) is 0. The first-order valence-corrected chi connectivity index (χ1v) is 23.4.